The summed E-state index contributed by atoms with van der Waals surface area (Å²) in [5.74, 6) is -0.391. The fourth-order valence-corrected chi connectivity index (χ4v) is 5.06. The van der Waals surface area contributed by atoms with Gasteiger partial charge in [0.2, 0.25) is 12.0 Å². The molecule has 5 rings (SSSR count). The van der Waals surface area contributed by atoms with Gasteiger partial charge in [0.25, 0.3) is 0 Å². The average Bonchev–Trinajstić information content (AvgIpc) is 3.01. The Labute approximate surface area is 249 Å². The molecule has 1 aromatic heterocycles. The molecule has 15 heteroatoms. The lowest BCUT2D eigenvalue weighted by atomic mass is 9.98. The topological polar surface area (TPSA) is 227 Å². The standard InChI is InChI=1S/C29H34O15/c1-11-20(31)23(34)25(36)28(41-11)40-10-18-21(32)24(35)26(37)29(44-18)43-17-9-16-19(22(33)27(17)39-3)14(30)8-15(42-16)12-4-6-13(38-2)7-5-12/h4-9,11,18,20-21,23-26,28-29,31-37H,10H2,1-3H3/t11?,18-,20+,21?,23?,24+,25?,26?,28-,29-/m1/s1. The summed E-state index contributed by atoms with van der Waals surface area (Å²) < 4.78 is 38.7. The number of phenolic OH excluding ortho intramolecular Hbond substituents is 1. The summed E-state index contributed by atoms with van der Waals surface area (Å²) >= 11 is 0. The SMILES string of the molecule is COc1ccc(-c2cc(=O)c3c(O)c(OC)c(O[C@@H]4O[C@H](CO[C@@H]5OC(C)[C@H](O)C(O)C5O)C(O)[C@H](O)C4O)cc3o2)cc1. The third kappa shape index (κ3) is 5.93. The van der Waals surface area contributed by atoms with Gasteiger partial charge >= 0.3 is 0 Å². The van der Waals surface area contributed by atoms with E-state index in [1.54, 1.807) is 24.3 Å². The van der Waals surface area contributed by atoms with Crippen LogP contribution in [0.3, 0.4) is 0 Å². The van der Waals surface area contributed by atoms with Gasteiger partial charge in [0.15, 0.2) is 23.2 Å². The number of fused-ring (bicyclic) bond motifs is 1. The summed E-state index contributed by atoms with van der Waals surface area (Å²) in [6.07, 6.45) is -15.2. The Bertz CT molecular complexity index is 1510. The maximum absolute atomic E-state index is 13.0. The van der Waals surface area contributed by atoms with Crippen LogP contribution >= 0.6 is 0 Å². The Hall–Kier alpha value is -3.51. The monoisotopic (exact) mass is 622 g/mol. The van der Waals surface area contributed by atoms with E-state index < -0.39 is 79.2 Å². The van der Waals surface area contributed by atoms with Crippen LogP contribution in [0.2, 0.25) is 0 Å². The molecule has 7 N–H and O–H groups in total. The number of hydrogen-bond donors (Lipinski definition) is 7. The maximum Gasteiger partial charge on any atom is 0.229 e. The van der Waals surface area contributed by atoms with Crippen molar-refractivity contribution in [2.24, 2.45) is 0 Å². The second-order valence-electron chi connectivity index (χ2n) is 10.5. The first-order valence-corrected chi connectivity index (χ1v) is 13.6. The van der Waals surface area contributed by atoms with Gasteiger partial charge in [-0.3, -0.25) is 4.79 Å². The number of aromatic hydroxyl groups is 1. The van der Waals surface area contributed by atoms with E-state index in [1.807, 2.05) is 0 Å². The molecule has 0 radical (unpaired) electrons. The normalized spacial score (nSPS) is 32.4. The molecule has 0 aliphatic carbocycles. The summed E-state index contributed by atoms with van der Waals surface area (Å²) in [6.45, 7) is 0.947. The Morgan fingerprint density at radius 3 is 2.11 bits per heavy atom. The van der Waals surface area contributed by atoms with E-state index in [4.69, 9.17) is 32.8 Å². The zero-order valence-electron chi connectivity index (χ0n) is 23.8. The van der Waals surface area contributed by atoms with E-state index in [2.05, 4.69) is 0 Å². The first kappa shape index (κ1) is 31.9. The lowest BCUT2D eigenvalue weighted by Crippen LogP contribution is -2.61. The molecule has 5 unspecified atom stereocenters. The molecular formula is C29H34O15. The Morgan fingerprint density at radius 2 is 1.45 bits per heavy atom. The van der Waals surface area contributed by atoms with Crippen LogP contribution in [0.1, 0.15) is 6.92 Å². The van der Waals surface area contributed by atoms with Crippen LogP contribution in [-0.4, -0.2) is 118 Å². The largest absolute Gasteiger partial charge is 0.504 e. The van der Waals surface area contributed by atoms with Crippen molar-refractivity contribution in [3.05, 3.63) is 46.6 Å². The van der Waals surface area contributed by atoms with Crippen LogP contribution in [0.15, 0.2) is 45.6 Å². The molecule has 0 bridgehead atoms. The molecule has 2 saturated heterocycles. The third-order valence-electron chi connectivity index (χ3n) is 7.64. The van der Waals surface area contributed by atoms with Crippen LogP contribution < -0.4 is 19.6 Å². The van der Waals surface area contributed by atoms with E-state index in [0.717, 1.165) is 0 Å². The van der Waals surface area contributed by atoms with Gasteiger partial charge in [-0.2, -0.15) is 0 Å². The van der Waals surface area contributed by atoms with Crippen LogP contribution in [0, 0.1) is 0 Å². The molecule has 2 aromatic carbocycles. The van der Waals surface area contributed by atoms with Crippen molar-refractivity contribution < 1.29 is 68.6 Å². The quantitative estimate of drug-likeness (QED) is 0.163. The number of aliphatic hydroxyl groups excluding tert-OH is 6. The van der Waals surface area contributed by atoms with Crippen molar-refractivity contribution in [3.63, 3.8) is 0 Å². The Morgan fingerprint density at radius 1 is 0.795 bits per heavy atom. The number of ether oxygens (including phenoxy) is 6. The zero-order valence-corrected chi connectivity index (χ0v) is 23.8. The summed E-state index contributed by atoms with van der Waals surface area (Å²) in [5.41, 5.74) is -0.138. The second kappa shape index (κ2) is 12.8. The molecule has 2 aliphatic rings. The van der Waals surface area contributed by atoms with E-state index >= 15 is 0 Å². The smallest absolute Gasteiger partial charge is 0.229 e. The van der Waals surface area contributed by atoms with Gasteiger partial charge < -0.3 is 68.6 Å². The average molecular weight is 623 g/mol. The lowest BCUT2D eigenvalue weighted by molar-refractivity contribution is -0.318. The molecule has 10 atom stereocenters. The number of benzene rings is 2. The molecule has 0 saturated carbocycles. The lowest BCUT2D eigenvalue weighted by Gasteiger charge is -2.42. The van der Waals surface area contributed by atoms with E-state index in [-0.39, 0.29) is 28.2 Å². The van der Waals surface area contributed by atoms with Gasteiger partial charge in [-0.15, -0.1) is 0 Å². The molecule has 240 valence electrons. The van der Waals surface area contributed by atoms with Crippen molar-refractivity contribution in [2.45, 2.75) is 68.3 Å². The molecule has 2 fully saturated rings. The van der Waals surface area contributed by atoms with Crippen LogP contribution in [0.4, 0.5) is 0 Å². The fraction of sp³-hybridized carbons (Fsp3) is 0.483. The fourth-order valence-electron chi connectivity index (χ4n) is 5.06. The number of hydrogen-bond acceptors (Lipinski definition) is 15. The number of phenols is 1. The predicted octanol–water partition coefficient (Wildman–Crippen LogP) is -0.787. The Kier molecular flexibility index (Phi) is 9.31. The maximum atomic E-state index is 13.0. The summed E-state index contributed by atoms with van der Waals surface area (Å²) in [7, 11) is 2.72. The molecular weight excluding hydrogens is 588 g/mol. The van der Waals surface area contributed by atoms with E-state index in [1.165, 1.54) is 33.3 Å². The molecule has 0 spiro atoms. The van der Waals surface area contributed by atoms with Crippen molar-refractivity contribution in [1.82, 2.24) is 0 Å². The molecule has 44 heavy (non-hydrogen) atoms. The van der Waals surface area contributed by atoms with Crippen LogP contribution in [0.25, 0.3) is 22.3 Å². The highest BCUT2D eigenvalue weighted by Gasteiger charge is 2.47. The molecule has 2 aliphatic heterocycles. The Balaban J connectivity index is 1.41. The van der Waals surface area contributed by atoms with Crippen molar-refractivity contribution >= 4 is 11.0 Å². The van der Waals surface area contributed by atoms with Gasteiger partial charge in [-0.25, -0.2) is 0 Å². The van der Waals surface area contributed by atoms with Gasteiger partial charge in [0, 0.05) is 17.7 Å². The minimum Gasteiger partial charge on any atom is -0.504 e. The van der Waals surface area contributed by atoms with Gasteiger partial charge in [-0.05, 0) is 31.2 Å². The van der Waals surface area contributed by atoms with Crippen LogP contribution in [-0.2, 0) is 14.2 Å². The van der Waals surface area contributed by atoms with Crippen molar-refractivity contribution in [3.8, 4) is 34.3 Å². The molecule has 3 aromatic rings. The highest BCUT2D eigenvalue weighted by atomic mass is 16.7. The van der Waals surface area contributed by atoms with Crippen LogP contribution in [0.5, 0.6) is 23.0 Å². The predicted molar refractivity (Wildman–Crippen MR) is 148 cm³/mol. The number of aliphatic hydroxyl groups is 6. The molecule has 3 heterocycles. The van der Waals surface area contributed by atoms with Gasteiger partial charge in [0.05, 0.1) is 26.9 Å². The van der Waals surface area contributed by atoms with E-state index in [9.17, 15) is 40.5 Å². The summed E-state index contributed by atoms with van der Waals surface area (Å²) in [5, 5.41) is 72.6. The second-order valence-corrected chi connectivity index (χ2v) is 10.5. The minimum atomic E-state index is -1.81. The van der Waals surface area contributed by atoms with Gasteiger partial charge in [-0.1, -0.05) is 0 Å². The highest BCUT2D eigenvalue weighted by molar-refractivity contribution is 5.89. The van der Waals surface area contributed by atoms with E-state index in [0.29, 0.717) is 11.3 Å². The number of rotatable bonds is 8. The zero-order chi connectivity index (χ0) is 31.9. The van der Waals surface area contributed by atoms with Crippen molar-refractivity contribution in [2.75, 3.05) is 20.8 Å². The van der Waals surface area contributed by atoms with Gasteiger partial charge in [0.1, 0.15) is 65.2 Å². The minimum absolute atomic E-state index is 0.0966. The first-order chi connectivity index (χ1) is 20.9. The van der Waals surface area contributed by atoms with Crippen molar-refractivity contribution in [1.29, 1.82) is 0 Å². The molecule has 15 nitrogen and oxygen atoms in total. The summed E-state index contributed by atoms with van der Waals surface area (Å²) in [6, 6.07) is 9.13. The number of methoxy groups -OCH3 is 2. The molecule has 0 amide bonds. The third-order valence-corrected chi connectivity index (χ3v) is 7.64. The highest BCUT2D eigenvalue weighted by Crippen LogP contribution is 2.43. The first-order valence-electron chi connectivity index (χ1n) is 13.6. The summed E-state index contributed by atoms with van der Waals surface area (Å²) in [4.78, 5) is 13.0.